The van der Waals surface area contributed by atoms with Crippen molar-refractivity contribution in [2.24, 2.45) is 5.41 Å². The number of furan rings is 1. The lowest BCUT2D eigenvalue weighted by Crippen LogP contribution is -2.40. The summed E-state index contributed by atoms with van der Waals surface area (Å²) in [6.07, 6.45) is 0.454. The molecule has 0 radical (unpaired) electrons. The molecular weight excluding hydrogens is 246 g/mol. The van der Waals surface area contributed by atoms with E-state index in [1.165, 1.54) is 0 Å². The Labute approximate surface area is 113 Å². The highest BCUT2D eigenvalue weighted by Crippen LogP contribution is 2.23. The number of aryl methyl sites for hydroxylation is 1. The highest BCUT2D eigenvalue weighted by atomic mass is 16.4. The Kier molecular flexibility index (Phi) is 4.75. The summed E-state index contributed by atoms with van der Waals surface area (Å²) < 4.78 is 5.43. The van der Waals surface area contributed by atoms with E-state index in [0.717, 1.165) is 11.5 Å². The number of aliphatic carboxylic acids is 1. The molecule has 0 atom stereocenters. The number of carbonyl (C=O) groups is 2. The molecule has 5 heteroatoms. The maximum absolute atomic E-state index is 12.2. The minimum Gasteiger partial charge on any atom is -0.481 e. The molecule has 0 fully saturated rings. The minimum atomic E-state index is -0.964. The Morgan fingerprint density at radius 1 is 1.37 bits per heavy atom. The van der Waals surface area contributed by atoms with E-state index >= 15 is 0 Å². The Morgan fingerprint density at radius 3 is 2.47 bits per heavy atom. The molecular formula is C14H21NO4. The highest BCUT2D eigenvalue weighted by molar-refractivity contribution is 5.86. The molecule has 1 rings (SSSR count). The number of likely N-dealkylation sites (N-methyl/N-ethyl adjacent to an activating group) is 1. The van der Waals surface area contributed by atoms with Crippen molar-refractivity contribution in [3.63, 3.8) is 0 Å². The maximum Gasteiger partial charge on any atom is 0.304 e. The van der Waals surface area contributed by atoms with Crippen LogP contribution in [0, 0.1) is 12.3 Å². The fourth-order valence-corrected chi connectivity index (χ4v) is 1.97. The molecule has 19 heavy (non-hydrogen) atoms. The maximum atomic E-state index is 12.2. The minimum absolute atomic E-state index is 0.168. The standard InChI is InChI=1S/C14H21NO4/c1-10-5-6-11(19-10)7-8-15(4)13(18)14(2,3)9-12(16)17/h5-6H,7-9H2,1-4H3,(H,16,17). The molecule has 0 bridgehead atoms. The van der Waals surface area contributed by atoms with Gasteiger partial charge in [0.05, 0.1) is 11.8 Å². The quantitative estimate of drug-likeness (QED) is 0.856. The van der Waals surface area contributed by atoms with Crippen LogP contribution in [0.1, 0.15) is 31.8 Å². The third-order valence-corrected chi connectivity index (χ3v) is 3.01. The number of hydrogen-bond donors (Lipinski definition) is 1. The summed E-state index contributed by atoms with van der Waals surface area (Å²) in [5, 5.41) is 8.80. The summed E-state index contributed by atoms with van der Waals surface area (Å²) in [6, 6.07) is 3.77. The topological polar surface area (TPSA) is 70.8 Å². The fourth-order valence-electron chi connectivity index (χ4n) is 1.97. The molecule has 1 N–H and O–H groups in total. The van der Waals surface area contributed by atoms with Gasteiger partial charge in [0, 0.05) is 20.0 Å². The van der Waals surface area contributed by atoms with Crippen LogP contribution < -0.4 is 0 Å². The van der Waals surface area contributed by atoms with E-state index in [0.29, 0.717) is 13.0 Å². The average Bonchev–Trinajstić information content (AvgIpc) is 2.69. The van der Waals surface area contributed by atoms with E-state index in [4.69, 9.17) is 9.52 Å². The predicted molar refractivity (Wildman–Crippen MR) is 70.8 cm³/mol. The number of carbonyl (C=O) groups excluding carboxylic acids is 1. The lowest BCUT2D eigenvalue weighted by atomic mass is 9.87. The van der Waals surface area contributed by atoms with Crippen molar-refractivity contribution in [1.82, 2.24) is 4.90 Å². The van der Waals surface area contributed by atoms with E-state index < -0.39 is 11.4 Å². The van der Waals surface area contributed by atoms with Gasteiger partial charge in [-0.1, -0.05) is 13.8 Å². The zero-order chi connectivity index (χ0) is 14.6. The number of carboxylic acid groups (broad SMARTS) is 1. The van der Waals surface area contributed by atoms with Gasteiger partial charge in [-0.25, -0.2) is 0 Å². The second kappa shape index (κ2) is 5.91. The molecule has 0 saturated carbocycles. The van der Waals surface area contributed by atoms with Crippen LogP contribution in [0.3, 0.4) is 0 Å². The van der Waals surface area contributed by atoms with E-state index in [-0.39, 0.29) is 12.3 Å². The van der Waals surface area contributed by atoms with Gasteiger partial charge < -0.3 is 14.4 Å². The van der Waals surface area contributed by atoms with E-state index in [9.17, 15) is 9.59 Å². The van der Waals surface area contributed by atoms with Gasteiger partial charge in [-0.3, -0.25) is 9.59 Å². The third kappa shape index (κ3) is 4.43. The fraction of sp³-hybridized carbons (Fsp3) is 0.571. The third-order valence-electron chi connectivity index (χ3n) is 3.01. The highest BCUT2D eigenvalue weighted by Gasteiger charge is 2.32. The molecule has 0 aliphatic rings. The van der Waals surface area contributed by atoms with Gasteiger partial charge in [0.25, 0.3) is 0 Å². The van der Waals surface area contributed by atoms with Crippen LogP contribution in [0.4, 0.5) is 0 Å². The molecule has 1 heterocycles. The van der Waals surface area contributed by atoms with Crippen LogP contribution >= 0.6 is 0 Å². The SMILES string of the molecule is Cc1ccc(CCN(C)C(=O)C(C)(C)CC(=O)O)o1. The van der Waals surface area contributed by atoms with Crippen LogP contribution in [0.15, 0.2) is 16.5 Å². The number of nitrogens with zero attached hydrogens (tertiary/aromatic N) is 1. The van der Waals surface area contributed by atoms with Crippen LogP contribution in [0.25, 0.3) is 0 Å². The lowest BCUT2D eigenvalue weighted by molar-refractivity contribution is -0.148. The van der Waals surface area contributed by atoms with Gasteiger partial charge in [0.1, 0.15) is 11.5 Å². The van der Waals surface area contributed by atoms with Gasteiger partial charge in [0.15, 0.2) is 0 Å². The van der Waals surface area contributed by atoms with Crippen molar-refractivity contribution in [3.8, 4) is 0 Å². The Balaban J connectivity index is 2.55. The number of rotatable bonds is 6. The monoisotopic (exact) mass is 267 g/mol. The summed E-state index contributed by atoms with van der Waals surface area (Å²) >= 11 is 0. The van der Waals surface area contributed by atoms with Gasteiger partial charge in [-0.15, -0.1) is 0 Å². The molecule has 5 nitrogen and oxygen atoms in total. The Hall–Kier alpha value is -1.78. The summed E-state index contributed by atoms with van der Waals surface area (Å²) in [5.74, 6) is 0.537. The number of carboxylic acids is 1. The molecule has 1 aromatic heterocycles. The zero-order valence-electron chi connectivity index (χ0n) is 11.9. The van der Waals surface area contributed by atoms with E-state index in [1.807, 2.05) is 19.1 Å². The van der Waals surface area contributed by atoms with E-state index in [1.54, 1.807) is 25.8 Å². The van der Waals surface area contributed by atoms with Gasteiger partial charge in [-0.05, 0) is 19.1 Å². The molecule has 1 amide bonds. The molecule has 0 saturated heterocycles. The first-order chi connectivity index (χ1) is 8.72. The molecule has 106 valence electrons. The second-order valence-corrected chi connectivity index (χ2v) is 5.44. The van der Waals surface area contributed by atoms with Crippen molar-refractivity contribution in [2.45, 2.75) is 33.6 Å². The molecule has 0 aliphatic heterocycles. The van der Waals surface area contributed by atoms with Crippen LogP contribution in [-0.2, 0) is 16.0 Å². The van der Waals surface area contributed by atoms with Crippen molar-refractivity contribution < 1.29 is 19.1 Å². The molecule has 0 aliphatic carbocycles. The first-order valence-electron chi connectivity index (χ1n) is 6.25. The zero-order valence-corrected chi connectivity index (χ0v) is 11.9. The molecule has 0 spiro atoms. The summed E-state index contributed by atoms with van der Waals surface area (Å²) in [6.45, 7) is 5.68. The first-order valence-corrected chi connectivity index (χ1v) is 6.25. The summed E-state index contributed by atoms with van der Waals surface area (Å²) in [5.41, 5.74) is -0.889. The van der Waals surface area contributed by atoms with Gasteiger partial charge in [0.2, 0.25) is 5.91 Å². The normalized spacial score (nSPS) is 11.4. The molecule has 1 aromatic rings. The van der Waals surface area contributed by atoms with Crippen LogP contribution in [0.2, 0.25) is 0 Å². The predicted octanol–water partition coefficient (Wildman–Crippen LogP) is 2.09. The van der Waals surface area contributed by atoms with Crippen molar-refractivity contribution in [3.05, 3.63) is 23.7 Å². The van der Waals surface area contributed by atoms with Crippen molar-refractivity contribution in [1.29, 1.82) is 0 Å². The van der Waals surface area contributed by atoms with E-state index in [2.05, 4.69) is 0 Å². The summed E-state index contributed by atoms with van der Waals surface area (Å²) in [7, 11) is 1.68. The lowest BCUT2D eigenvalue weighted by Gasteiger charge is -2.27. The first kappa shape index (κ1) is 15.3. The van der Waals surface area contributed by atoms with Crippen molar-refractivity contribution in [2.75, 3.05) is 13.6 Å². The van der Waals surface area contributed by atoms with Crippen molar-refractivity contribution >= 4 is 11.9 Å². The molecule has 0 aromatic carbocycles. The van der Waals surface area contributed by atoms with Crippen LogP contribution in [0.5, 0.6) is 0 Å². The van der Waals surface area contributed by atoms with Crippen LogP contribution in [-0.4, -0.2) is 35.5 Å². The number of amides is 1. The Morgan fingerprint density at radius 2 is 2.00 bits per heavy atom. The second-order valence-electron chi connectivity index (χ2n) is 5.44. The Bertz CT molecular complexity index is 462. The smallest absolute Gasteiger partial charge is 0.304 e. The average molecular weight is 267 g/mol. The molecule has 0 unspecified atom stereocenters. The number of hydrogen-bond acceptors (Lipinski definition) is 3. The largest absolute Gasteiger partial charge is 0.481 e. The summed E-state index contributed by atoms with van der Waals surface area (Å²) in [4.78, 5) is 24.5. The van der Waals surface area contributed by atoms with Gasteiger partial charge in [-0.2, -0.15) is 0 Å². The van der Waals surface area contributed by atoms with Gasteiger partial charge >= 0.3 is 5.97 Å².